The van der Waals surface area contributed by atoms with Gasteiger partial charge in [0.25, 0.3) is 0 Å². The Morgan fingerprint density at radius 3 is 2.69 bits per heavy atom. The van der Waals surface area contributed by atoms with Crippen LogP contribution in [-0.4, -0.2) is 27.6 Å². The Bertz CT molecular complexity index is 349. The number of carbonyl (C=O) groups is 1. The van der Waals surface area contributed by atoms with E-state index in [9.17, 15) is 4.79 Å². The van der Waals surface area contributed by atoms with Crippen molar-refractivity contribution in [3.8, 4) is 0 Å². The highest BCUT2D eigenvalue weighted by atomic mass is 16.1. The first-order valence-electron chi connectivity index (χ1n) is 5.61. The van der Waals surface area contributed by atoms with E-state index in [2.05, 4.69) is 31.2 Å². The molecule has 1 heterocycles. The van der Waals surface area contributed by atoms with Crippen LogP contribution in [0.1, 0.15) is 32.8 Å². The summed E-state index contributed by atoms with van der Waals surface area (Å²) in [5, 5.41) is 7.34. The summed E-state index contributed by atoms with van der Waals surface area (Å²) < 4.78 is 1.72. The summed E-state index contributed by atoms with van der Waals surface area (Å²) in [7, 11) is 1.86. The molecule has 0 aliphatic heterocycles. The highest BCUT2D eigenvalue weighted by Crippen LogP contribution is 2.02. The van der Waals surface area contributed by atoms with E-state index < -0.39 is 0 Å². The van der Waals surface area contributed by atoms with Gasteiger partial charge in [0.05, 0.1) is 6.20 Å². The number of rotatable bonds is 5. The molecule has 0 fully saturated rings. The molecule has 0 aliphatic rings. The molecule has 16 heavy (non-hydrogen) atoms. The van der Waals surface area contributed by atoms with Crippen LogP contribution in [0, 0.1) is 0 Å². The molecular weight excluding hydrogens is 202 g/mol. The first-order valence-corrected chi connectivity index (χ1v) is 5.61. The van der Waals surface area contributed by atoms with Gasteiger partial charge in [0.1, 0.15) is 5.78 Å². The predicted octanol–water partition coefficient (Wildman–Crippen LogP) is 1.31. The van der Waals surface area contributed by atoms with Gasteiger partial charge in [0, 0.05) is 38.2 Å². The Labute approximate surface area is 97.0 Å². The lowest BCUT2D eigenvalue weighted by Gasteiger charge is -2.19. The Morgan fingerprint density at radius 2 is 2.19 bits per heavy atom. The molecule has 1 aromatic heterocycles. The SMILES string of the molecule is Cn1cc(CC(=O)CCNC(C)(C)C)cn1. The summed E-state index contributed by atoms with van der Waals surface area (Å²) in [5.41, 5.74) is 1.07. The molecule has 90 valence electrons. The van der Waals surface area contributed by atoms with Gasteiger partial charge in [0.15, 0.2) is 0 Å². The number of nitrogens with zero attached hydrogens (tertiary/aromatic N) is 2. The summed E-state index contributed by atoms with van der Waals surface area (Å²) in [6.45, 7) is 7.03. The second kappa shape index (κ2) is 5.25. The molecule has 0 bridgehead atoms. The van der Waals surface area contributed by atoms with E-state index in [-0.39, 0.29) is 11.3 Å². The molecule has 0 amide bonds. The second-order valence-electron chi connectivity index (χ2n) is 5.16. The van der Waals surface area contributed by atoms with E-state index in [0.29, 0.717) is 12.8 Å². The summed E-state index contributed by atoms with van der Waals surface area (Å²) in [5.74, 6) is 0.254. The summed E-state index contributed by atoms with van der Waals surface area (Å²) in [6, 6.07) is 0. The van der Waals surface area contributed by atoms with Crippen LogP contribution in [0.3, 0.4) is 0 Å². The van der Waals surface area contributed by atoms with E-state index in [4.69, 9.17) is 0 Å². The zero-order valence-corrected chi connectivity index (χ0v) is 10.6. The average molecular weight is 223 g/mol. The van der Waals surface area contributed by atoms with Gasteiger partial charge in [-0.3, -0.25) is 9.48 Å². The Morgan fingerprint density at radius 1 is 1.50 bits per heavy atom. The third-order valence-corrected chi connectivity index (χ3v) is 2.22. The fourth-order valence-corrected chi connectivity index (χ4v) is 1.46. The van der Waals surface area contributed by atoms with E-state index in [1.54, 1.807) is 10.9 Å². The van der Waals surface area contributed by atoms with Gasteiger partial charge in [-0.2, -0.15) is 5.10 Å². The summed E-state index contributed by atoms with van der Waals surface area (Å²) in [6.07, 6.45) is 4.69. The third-order valence-electron chi connectivity index (χ3n) is 2.22. The van der Waals surface area contributed by atoms with E-state index >= 15 is 0 Å². The van der Waals surface area contributed by atoms with Crippen molar-refractivity contribution in [2.75, 3.05) is 6.54 Å². The molecule has 0 aliphatic carbocycles. The van der Waals surface area contributed by atoms with Crippen LogP contribution in [0.25, 0.3) is 0 Å². The van der Waals surface area contributed by atoms with E-state index in [1.807, 2.05) is 13.2 Å². The number of aromatic nitrogens is 2. The third kappa shape index (κ3) is 5.07. The van der Waals surface area contributed by atoms with Crippen LogP contribution < -0.4 is 5.32 Å². The van der Waals surface area contributed by atoms with Crippen LogP contribution in [0.2, 0.25) is 0 Å². The largest absolute Gasteiger partial charge is 0.312 e. The first-order chi connectivity index (χ1) is 7.37. The second-order valence-corrected chi connectivity index (χ2v) is 5.16. The maximum atomic E-state index is 11.6. The lowest BCUT2D eigenvalue weighted by Crippen LogP contribution is -2.37. The Hall–Kier alpha value is -1.16. The number of Topliss-reactive ketones (excluding diaryl/α,β-unsaturated/α-hetero) is 1. The van der Waals surface area contributed by atoms with Gasteiger partial charge < -0.3 is 5.32 Å². The molecule has 0 saturated carbocycles. The molecule has 0 aromatic carbocycles. The fourth-order valence-electron chi connectivity index (χ4n) is 1.46. The monoisotopic (exact) mass is 223 g/mol. The smallest absolute Gasteiger partial charge is 0.138 e. The molecule has 1 N–H and O–H groups in total. The molecular formula is C12H21N3O. The van der Waals surface area contributed by atoms with Gasteiger partial charge in [-0.05, 0) is 26.3 Å². The van der Waals surface area contributed by atoms with Crippen molar-refractivity contribution in [1.82, 2.24) is 15.1 Å². The van der Waals surface area contributed by atoms with E-state index in [1.165, 1.54) is 0 Å². The molecule has 0 unspecified atom stereocenters. The van der Waals surface area contributed by atoms with Gasteiger partial charge in [-0.1, -0.05) is 0 Å². The number of ketones is 1. The van der Waals surface area contributed by atoms with Crippen molar-refractivity contribution in [3.63, 3.8) is 0 Å². The first kappa shape index (κ1) is 12.9. The zero-order chi connectivity index (χ0) is 12.2. The van der Waals surface area contributed by atoms with Crippen LogP contribution in [0.4, 0.5) is 0 Å². The molecule has 0 radical (unpaired) electrons. The van der Waals surface area contributed by atoms with Crippen LogP contribution in [0.15, 0.2) is 12.4 Å². The molecule has 4 heteroatoms. The maximum Gasteiger partial charge on any atom is 0.138 e. The van der Waals surface area contributed by atoms with Crippen molar-refractivity contribution in [2.45, 2.75) is 39.2 Å². The molecule has 1 rings (SSSR count). The highest BCUT2D eigenvalue weighted by molar-refractivity contribution is 5.80. The minimum Gasteiger partial charge on any atom is -0.312 e. The maximum absolute atomic E-state index is 11.6. The van der Waals surface area contributed by atoms with Gasteiger partial charge in [-0.25, -0.2) is 0 Å². The molecule has 0 spiro atoms. The fraction of sp³-hybridized carbons (Fsp3) is 0.667. The van der Waals surface area contributed by atoms with Gasteiger partial charge in [-0.15, -0.1) is 0 Å². The highest BCUT2D eigenvalue weighted by Gasteiger charge is 2.10. The number of hydrogen-bond acceptors (Lipinski definition) is 3. The van der Waals surface area contributed by atoms with Crippen LogP contribution >= 0.6 is 0 Å². The lowest BCUT2D eigenvalue weighted by atomic mass is 10.1. The molecule has 0 atom stereocenters. The summed E-state index contributed by atoms with van der Waals surface area (Å²) in [4.78, 5) is 11.6. The normalized spacial score (nSPS) is 11.8. The Kier molecular flexibility index (Phi) is 4.24. The van der Waals surface area contributed by atoms with E-state index in [0.717, 1.165) is 12.1 Å². The lowest BCUT2D eigenvalue weighted by molar-refractivity contribution is -0.118. The topological polar surface area (TPSA) is 46.9 Å². The van der Waals surface area contributed by atoms with Crippen LogP contribution in [-0.2, 0) is 18.3 Å². The van der Waals surface area contributed by atoms with Crippen molar-refractivity contribution < 1.29 is 4.79 Å². The number of carbonyl (C=O) groups excluding carboxylic acids is 1. The number of hydrogen-bond donors (Lipinski definition) is 1. The number of nitrogens with one attached hydrogen (secondary N) is 1. The predicted molar refractivity (Wildman–Crippen MR) is 64.3 cm³/mol. The zero-order valence-electron chi connectivity index (χ0n) is 10.6. The quantitative estimate of drug-likeness (QED) is 0.818. The summed E-state index contributed by atoms with van der Waals surface area (Å²) >= 11 is 0. The number of aryl methyl sites for hydroxylation is 1. The average Bonchev–Trinajstić information content (AvgIpc) is 2.48. The minimum atomic E-state index is 0.0780. The van der Waals surface area contributed by atoms with Crippen molar-refractivity contribution >= 4 is 5.78 Å². The van der Waals surface area contributed by atoms with Gasteiger partial charge >= 0.3 is 0 Å². The van der Waals surface area contributed by atoms with Crippen molar-refractivity contribution in [1.29, 1.82) is 0 Å². The minimum absolute atomic E-state index is 0.0780. The standard InChI is InChI=1S/C12H21N3O/c1-12(2,3)13-6-5-11(16)7-10-8-14-15(4)9-10/h8-9,13H,5-7H2,1-4H3. The van der Waals surface area contributed by atoms with Gasteiger partial charge in [0.2, 0.25) is 0 Å². The molecule has 0 saturated heterocycles. The van der Waals surface area contributed by atoms with Crippen LogP contribution in [0.5, 0.6) is 0 Å². The van der Waals surface area contributed by atoms with Crippen molar-refractivity contribution in [3.05, 3.63) is 18.0 Å². The molecule has 1 aromatic rings. The molecule has 4 nitrogen and oxygen atoms in total. The van der Waals surface area contributed by atoms with Crippen molar-refractivity contribution in [2.24, 2.45) is 7.05 Å². The Balaban J connectivity index is 2.26.